The fourth-order valence-electron chi connectivity index (χ4n) is 3.09. The molecule has 0 unspecified atom stereocenters. The molecular weight excluding hydrogens is 405 g/mol. The van der Waals surface area contributed by atoms with Crippen molar-refractivity contribution in [2.75, 3.05) is 4.90 Å². The lowest BCUT2D eigenvalue weighted by Crippen LogP contribution is -2.30. The van der Waals surface area contributed by atoms with Crippen molar-refractivity contribution in [1.29, 1.82) is 0 Å². The topological polar surface area (TPSA) is 66.7 Å². The molecule has 0 bridgehead atoms. The van der Waals surface area contributed by atoms with E-state index in [0.29, 0.717) is 17.4 Å². The number of carbonyl (C=O) groups excluding carboxylic acids is 2. The third-order valence-electron chi connectivity index (χ3n) is 4.68. The van der Waals surface area contributed by atoms with Crippen molar-refractivity contribution in [2.45, 2.75) is 32.4 Å². The van der Waals surface area contributed by atoms with Gasteiger partial charge < -0.3 is 9.32 Å². The number of hydrogen-bond acceptors (Lipinski definition) is 5. The van der Waals surface area contributed by atoms with Gasteiger partial charge in [0.15, 0.2) is 5.13 Å². The van der Waals surface area contributed by atoms with Crippen molar-refractivity contribution < 1.29 is 18.4 Å². The Kier molecular flexibility index (Phi) is 5.76. The van der Waals surface area contributed by atoms with Crippen molar-refractivity contribution in [3.8, 4) is 0 Å². The molecule has 0 radical (unpaired) electrons. The maximum absolute atomic E-state index is 14.2. The molecule has 1 aromatic carbocycles. The van der Waals surface area contributed by atoms with E-state index in [2.05, 4.69) is 4.98 Å². The molecule has 8 heteroatoms. The van der Waals surface area contributed by atoms with Crippen LogP contribution in [-0.2, 0) is 16.1 Å². The van der Waals surface area contributed by atoms with E-state index >= 15 is 0 Å². The zero-order valence-electron chi connectivity index (χ0n) is 16.3. The van der Waals surface area contributed by atoms with E-state index in [1.165, 1.54) is 41.4 Å². The van der Waals surface area contributed by atoms with Crippen molar-refractivity contribution in [2.24, 2.45) is 0 Å². The van der Waals surface area contributed by atoms with Gasteiger partial charge in [-0.1, -0.05) is 12.1 Å². The van der Waals surface area contributed by atoms with Gasteiger partial charge in [0.05, 0.1) is 24.2 Å². The number of rotatable bonds is 7. The van der Waals surface area contributed by atoms with Gasteiger partial charge >= 0.3 is 0 Å². The second kappa shape index (κ2) is 8.62. The molecule has 1 saturated carbocycles. The molecule has 0 atom stereocenters. The lowest BCUT2D eigenvalue weighted by atomic mass is 10.3. The number of thiazole rings is 1. The smallest absolute Gasteiger partial charge is 0.247 e. The van der Waals surface area contributed by atoms with Crippen LogP contribution >= 0.6 is 11.3 Å². The van der Waals surface area contributed by atoms with Crippen LogP contribution < -0.4 is 4.90 Å². The second-order valence-electron chi connectivity index (χ2n) is 6.97. The molecule has 1 aliphatic rings. The highest BCUT2D eigenvalue weighted by Gasteiger charge is 2.32. The van der Waals surface area contributed by atoms with E-state index in [4.69, 9.17) is 4.42 Å². The molecule has 2 heterocycles. The minimum absolute atomic E-state index is 0.124. The Bertz CT molecular complexity index is 1070. The second-order valence-corrected chi connectivity index (χ2v) is 7.81. The van der Waals surface area contributed by atoms with E-state index in [9.17, 15) is 14.0 Å². The summed E-state index contributed by atoms with van der Waals surface area (Å²) >= 11 is 1.21. The van der Waals surface area contributed by atoms with Crippen LogP contribution in [0, 0.1) is 5.82 Å². The molecule has 1 aliphatic carbocycles. The molecule has 0 saturated heterocycles. The van der Waals surface area contributed by atoms with Gasteiger partial charge in [-0.05, 0) is 43.2 Å². The number of anilines is 2. The Morgan fingerprint density at radius 2 is 2.07 bits per heavy atom. The fraction of sp³-hybridized carbons (Fsp3) is 0.227. The van der Waals surface area contributed by atoms with Crippen LogP contribution in [-0.4, -0.2) is 27.7 Å². The highest BCUT2D eigenvalue weighted by molar-refractivity contribution is 7.14. The Balaban J connectivity index is 1.50. The number of furan rings is 1. The predicted octanol–water partition coefficient (Wildman–Crippen LogP) is 4.76. The van der Waals surface area contributed by atoms with Crippen molar-refractivity contribution in [3.05, 3.63) is 71.4 Å². The van der Waals surface area contributed by atoms with E-state index in [1.807, 2.05) is 6.07 Å². The van der Waals surface area contributed by atoms with Crippen LogP contribution in [0.4, 0.5) is 15.2 Å². The average molecular weight is 425 g/mol. The third kappa shape index (κ3) is 4.49. The van der Waals surface area contributed by atoms with Crippen LogP contribution in [0.1, 0.15) is 31.2 Å². The fourth-order valence-corrected chi connectivity index (χ4v) is 3.94. The molecule has 0 N–H and O–H groups in total. The van der Waals surface area contributed by atoms with E-state index in [-0.39, 0.29) is 23.5 Å². The molecule has 6 nitrogen and oxygen atoms in total. The Labute approximate surface area is 177 Å². The summed E-state index contributed by atoms with van der Waals surface area (Å²) in [5, 5.41) is 2.07. The van der Waals surface area contributed by atoms with Gasteiger partial charge in [0.1, 0.15) is 11.6 Å². The van der Waals surface area contributed by atoms with Gasteiger partial charge in [0, 0.05) is 24.4 Å². The lowest BCUT2D eigenvalue weighted by molar-refractivity contribution is -0.127. The SMILES string of the molecule is CC(=O)N(c1nc(/C=C/C(=O)N(Cc2ccco2)C2CC2)cs1)c1ccccc1F. The first-order valence-corrected chi connectivity index (χ1v) is 10.4. The maximum atomic E-state index is 14.2. The number of hydrogen-bond donors (Lipinski definition) is 0. The highest BCUT2D eigenvalue weighted by atomic mass is 32.1. The number of aromatic nitrogens is 1. The van der Waals surface area contributed by atoms with Gasteiger partial charge in [-0.2, -0.15) is 0 Å². The number of nitrogens with zero attached hydrogens (tertiary/aromatic N) is 3. The molecule has 2 amide bonds. The molecular formula is C22H20FN3O3S. The summed E-state index contributed by atoms with van der Waals surface area (Å²) in [5.74, 6) is -0.241. The van der Waals surface area contributed by atoms with Crippen LogP contribution in [0.25, 0.3) is 6.08 Å². The minimum Gasteiger partial charge on any atom is -0.467 e. The molecule has 30 heavy (non-hydrogen) atoms. The zero-order chi connectivity index (χ0) is 21.1. The molecule has 4 rings (SSSR count). The third-order valence-corrected chi connectivity index (χ3v) is 5.53. The molecule has 154 valence electrons. The number of benzene rings is 1. The standard InChI is InChI=1S/C22H20FN3O3S/c1-15(27)26(20-7-3-2-6-19(20)23)22-24-16(14-30-22)8-11-21(28)25(17-9-10-17)13-18-5-4-12-29-18/h2-8,11-12,14,17H,9-10,13H2,1H3/b11-8+. The first kappa shape index (κ1) is 20.0. The quantitative estimate of drug-likeness (QED) is 0.512. The van der Waals surface area contributed by atoms with Crippen LogP contribution in [0.3, 0.4) is 0 Å². The average Bonchev–Trinajstić information content (AvgIpc) is 3.23. The number of carbonyl (C=O) groups is 2. The maximum Gasteiger partial charge on any atom is 0.247 e. The van der Waals surface area contributed by atoms with Gasteiger partial charge in [-0.25, -0.2) is 9.37 Å². The van der Waals surface area contributed by atoms with E-state index in [1.54, 1.807) is 40.8 Å². The summed E-state index contributed by atoms with van der Waals surface area (Å²) in [7, 11) is 0. The van der Waals surface area contributed by atoms with Crippen LogP contribution in [0.15, 0.2) is 58.5 Å². The summed E-state index contributed by atoms with van der Waals surface area (Å²) in [6.07, 6.45) is 6.64. The molecule has 3 aromatic rings. The predicted molar refractivity (Wildman–Crippen MR) is 113 cm³/mol. The van der Waals surface area contributed by atoms with Crippen molar-refractivity contribution >= 4 is 40.0 Å². The first-order valence-electron chi connectivity index (χ1n) is 9.55. The van der Waals surface area contributed by atoms with Gasteiger partial charge in [0.25, 0.3) is 0 Å². The zero-order valence-corrected chi connectivity index (χ0v) is 17.1. The van der Waals surface area contributed by atoms with Gasteiger partial charge in [-0.3, -0.25) is 14.5 Å². The summed E-state index contributed by atoms with van der Waals surface area (Å²) in [6, 6.07) is 9.92. The highest BCUT2D eigenvalue weighted by Crippen LogP contribution is 2.31. The van der Waals surface area contributed by atoms with Crippen LogP contribution in [0.2, 0.25) is 0 Å². The monoisotopic (exact) mass is 425 g/mol. The summed E-state index contributed by atoms with van der Waals surface area (Å²) in [4.78, 5) is 32.2. The number of amides is 2. The number of halogens is 1. The van der Waals surface area contributed by atoms with E-state index < -0.39 is 5.82 Å². The Hall–Kier alpha value is -3.26. The first-order chi connectivity index (χ1) is 14.5. The minimum atomic E-state index is -0.506. The Morgan fingerprint density at radius 3 is 2.73 bits per heavy atom. The normalized spacial score (nSPS) is 13.5. The Morgan fingerprint density at radius 1 is 1.27 bits per heavy atom. The molecule has 2 aromatic heterocycles. The number of para-hydroxylation sites is 1. The van der Waals surface area contributed by atoms with Crippen LogP contribution in [0.5, 0.6) is 0 Å². The largest absolute Gasteiger partial charge is 0.467 e. The molecule has 0 aliphatic heterocycles. The van der Waals surface area contributed by atoms with Gasteiger partial charge in [-0.15, -0.1) is 11.3 Å². The summed E-state index contributed by atoms with van der Waals surface area (Å²) in [5.41, 5.74) is 0.670. The lowest BCUT2D eigenvalue weighted by Gasteiger charge is -2.19. The molecule has 1 fully saturated rings. The van der Waals surface area contributed by atoms with Gasteiger partial charge in [0.2, 0.25) is 11.8 Å². The van der Waals surface area contributed by atoms with E-state index in [0.717, 1.165) is 18.6 Å². The summed E-state index contributed by atoms with van der Waals surface area (Å²) in [6.45, 7) is 1.78. The van der Waals surface area contributed by atoms with Crippen molar-refractivity contribution in [1.82, 2.24) is 9.88 Å². The summed E-state index contributed by atoms with van der Waals surface area (Å²) < 4.78 is 19.5. The van der Waals surface area contributed by atoms with Crippen molar-refractivity contribution in [3.63, 3.8) is 0 Å². The molecule has 0 spiro atoms.